The van der Waals surface area contributed by atoms with Crippen LogP contribution >= 0.6 is 27.3 Å². The number of nitrogens with one attached hydrogen (secondary N) is 1. The summed E-state index contributed by atoms with van der Waals surface area (Å²) < 4.78 is 6.31. The first-order valence-electron chi connectivity index (χ1n) is 5.79. The van der Waals surface area contributed by atoms with E-state index in [1.807, 2.05) is 12.1 Å². The van der Waals surface area contributed by atoms with E-state index in [0.29, 0.717) is 6.04 Å². The Labute approximate surface area is 120 Å². The molecule has 96 valence electrons. The van der Waals surface area contributed by atoms with E-state index in [4.69, 9.17) is 4.74 Å². The minimum Gasteiger partial charge on any atom is -0.497 e. The summed E-state index contributed by atoms with van der Waals surface area (Å²) in [5.74, 6) is 0.896. The molecule has 1 aromatic carbocycles. The lowest BCUT2D eigenvalue weighted by Gasteiger charge is -2.14. The molecule has 0 bridgehead atoms. The average molecular weight is 326 g/mol. The Bertz CT molecular complexity index is 495. The Morgan fingerprint density at radius 3 is 2.61 bits per heavy atom. The van der Waals surface area contributed by atoms with Crippen molar-refractivity contribution in [3.05, 3.63) is 50.6 Å². The molecule has 0 radical (unpaired) electrons. The molecule has 0 aliphatic rings. The third-order valence-electron chi connectivity index (χ3n) is 2.82. The largest absolute Gasteiger partial charge is 0.497 e. The van der Waals surface area contributed by atoms with Crippen molar-refractivity contribution in [3.8, 4) is 5.75 Å². The predicted octanol–water partition coefficient (Wildman–Crippen LogP) is 4.37. The first kappa shape index (κ1) is 13.6. The van der Waals surface area contributed by atoms with Crippen LogP contribution in [-0.4, -0.2) is 7.11 Å². The second kappa shape index (κ2) is 6.36. The summed E-state index contributed by atoms with van der Waals surface area (Å²) in [6.45, 7) is 3.06. The molecule has 0 spiro atoms. The summed E-state index contributed by atoms with van der Waals surface area (Å²) in [7, 11) is 1.69. The zero-order valence-electron chi connectivity index (χ0n) is 10.4. The van der Waals surface area contributed by atoms with Crippen LogP contribution in [0.2, 0.25) is 0 Å². The van der Waals surface area contributed by atoms with Crippen molar-refractivity contribution in [1.29, 1.82) is 0 Å². The van der Waals surface area contributed by atoms with Crippen molar-refractivity contribution >= 4 is 27.3 Å². The molecule has 0 aliphatic carbocycles. The van der Waals surface area contributed by atoms with Gasteiger partial charge in [0.05, 0.1) is 7.11 Å². The lowest BCUT2D eigenvalue weighted by atomic mass is 10.1. The Balaban J connectivity index is 1.92. The standard InChI is InChI=1S/C14H16BrNOS/c1-10(11-3-5-13(17-2)6-4-11)16-8-14-7-12(15)9-18-14/h3-7,9-10,16H,8H2,1-2H3/t10-/m0/s1. The van der Waals surface area contributed by atoms with E-state index >= 15 is 0 Å². The van der Waals surface area contributed by atoms with Crippen molar-refractivity contribution in [2.75, 3.05) is 7.11 Å². The lowest BCUT2D eigenvalue weighted by molar-refractivity contribution is 0.414. The maximum Gasteiger partial charge on any atom is 0.118 e. The summed E-state index contributed by atoms with van der Waals surface area (Å²) in [6.07, 6.45) is 0. The molecule has 1 heterocycles. The van der Waals surface area contributed by atoms with Gasteiger partial charge in [0.1, 0.15) is 5.75 Å². The van der Waals surface area contributed by atoms with Crippen LogP contribution in [-0.2, 0) is 6.54 Å². The maximum atomic E-state index is 5.16. The molecule has 0 saturated heterocycles. The third-order valence-corrected chi connectivity index (χ3v) is 4.52. The van der Waals surface area contributed by atoms with E-state index in [1.54, 1.807) is 18.4 Å². The molecule has 2 rings (SSSR count). The number of hydrogen-bond donors (Lipinski definition) is 1. The van der Waals surface area contributed by atoms with Crippen LogP contribution in [0.4, 0.5) is 0 Å². The second-order valence-corrected chi connectivity index (χ2v) is 6.02. The molecule has 0 aliphatic heterocycles. The molecule has 1 aromatic heterocycles. The Kier molecular flexibility index (Phi) is 4.80. The van der Waals surface area contributed by atoms with Gasteiger partial charge in [0.2, 0.25) is 0 Å². The highest BCUT2D eigenvalue weighted by atomic mass is 79.9. The number of halogens is 1. The van der Waals surface area contributed by atoms with Crippen LogP contribution in [0.1, 0.15) is 23.4 Å². The maximum absolute atomic E-state index is 5.16. The number of thiophene rings is 1. The summed E-state index contributed by atoms with van der Waals surface area (Å²) in [5.41, 5.74) is 1.27. The van der Waals surface area contributed by atoms with Crippen LogP contribution in [0, 0.1) is 0 Å². The molecule has 1 atom stereocenters. The summed E-state index contributed by atoms with van der Waals surface area (Å²) in [4.78, 5) is 1.34. The van der Waals surface area contributed by atoms with Gasteiger partial charge in [-0.15, -0.1) is 11.3 Å². The SMILES string of the molecule is COc1ccc([C@H](C)NCc2cc(Br)cs2)cc1. The highest BCUT2D eigenvalue weighted by Gasteiger charge is 2.05. The van der Waals surface area contributed by atoms with E-state index < -0.39 is 0 Å². The zero-order chi connectivity index (χ0) is 13.0. The van der Waals surface area contributed by atoms with Crippen molar-refractivity contribution in [2.45, 2.75) is 19.5 Å². The van der Waals surface area contributed by atoms with Crippen molar-refractivity contribution in [2.24, 2.45) is 0 Å². The molecule has 2 nitrogen and oxygen atoms in total. The minimum absolute atomic E-state index is 0.330. The fourth-order valence-electron chi connectivity index (χ4n) is 1.71. The summed E-state index contributed by atoms with van der Waals surface area (Å²) in [5, 5.41) is 5.62. The quantitative estimate of drug-likeness (QED) is 0.881. The second-order valence-electron chi connectivity index (χ2n) is 4.11. The van der Waals surface area contributed by atoms with E-state index in [9.17, 15) is 0 Å². The van der Waals surface area contributed by atoms with Gasteiger partial charge >= 0.3 is 0 Å². The van der Waals surface area contributed by atoms with Gasteiger partial charge in [0, 0.05) is 27.3 Å². The van der Waals surface area contributed by atoms with Crippen LogP contribution in [0.3, 0.4) is 0 Å². The number of hydrogen-bond acceptors (Lipinski definition) is 3. The Morgan fingerprint density at radius 2 is 2.06 bits per heavy atom. The van der Waals surface area contributed by atoms with Gasteiger partial charge in [-0.25, -0.2) is 0 Å². The molecular weight excluding hydrogens is 310 g/mol. The molecule has 0 unspecified atom stereocenters. The van der Waals surface area contributed by atoms with Gasteiger partial charge in [-0.3, -0.25) is 0 Å². The van der Waals surface area contributed by atoms with Crippen molar-refractivity contribution in [3.63, 3.8) is 0 Å². The summed E-state index contributed by atoms with van der Waals surface area (Å²) >= 11 is 5.23. The van der Waals surface area contributed by atoms with E-state index in [0.717, 1.165) is 16.8 Å². The number of methoxy groups -OCH3 is 1. The number of rotatable bonds is 5. The number of ether oxygens (including phenoxy) is 1. The van der Waals surface area contributed by atoms with E-state index in [2.05, 4.69) is 51.7 Å². The highest BCUT2D eigenvalue weighted by Crippen LogP contribution is 2.21. The van der Waals surface area contributed by atoms with Crippen molar-refractivity contribution in [1.82, 2.24) is 5.32 Å². The van der Waals surface area contributed by atoms with Crippen LogP contribution in [0.5, 0.6) is 5.75 Å². The molecule has 0 amide bonds. The normalized spacial score (nSPS) is 12.4. The Morgan fingerprint density at radius 1 is 1.33 bits per heavy atom. The van der Waals surface area contributed by atoms with Crippen LogP contribution in [0.25, 0.3) is 0 Å². The van der Waals surface area contributed by atoms with Crippen molar-refractivity contribution < 1.29 is 4.74 Å². The topological polar surface area (TPSA) is 21.3 Å². The molecule has 18 heavy (non-hydrogen) atoms. The highest BCUT2D eigenvalue weighted by molar-refractivity contribution is 9.10. The lowest BCUT2D eigenvalue weighted by Crippen LogP contribution is -2.17. The molecule has 4 heteroatoms. The average Bonchev–Trinajstić information content (AvgIpc) is 2.82. The van der Waals surface area contributed by atoms with E-state index in [1.165, 1.54) is 10.4 Å². The molecule has 0 saturated carbocycles. The van der Waals surface area contributed by atoms with Crippen LogP contribution in [0.15, 0.2) is 40.2 Å². The monoisotopic (exact) mass is 325 g/mol. The summed E-state index contributed by atoms with van der Waals surface area (Å²) in [6, 6.07) is 10.7. The van der Waals surface area contributed by atoms with Gasteiger partial charge in [0.25, 0.3) is 0 Å². The van der Waals surface area contributed by atoms with Gasteiger partial charge < -0.3 is 10.1 Å². The minimum atomic E-state index is 0.330. The fourth-order valence-corrected chi connectivity index (χ4v) is 3.11. The van der Waals surface area contributed by atoms with Gasteiger partial charge in [-0.1, -0.05) is 12.1 Å². The first-order chi connectivity index (χ1) is 8.69. The van der Waals surface area contributed by atoms with Gasteiger partial charge in [-0.2, -0.15) is 0 Å². The molecule has 2 aromatic rings. The Hall–Kier alpha value is -0.840. The van der Waals surface area contributed by atoms with Gasteiger partial charge in [-0.05, 0) is 46.6 Å². The number of benzene rings is 1. The van der Waals surface area contributed by atoms with Gasteiger partial charge in [0.15, 0.2) is 0 Å². The van der Waals surface area contributed by atoms with E-state index in [-0.39, 0.29) is 0 Å². The third kappa shape index (κ3) is 3.57. The smallest absolute Gasteiger partial charge is 0.118 e. The molecule has 1 N–H and O–H groups in total. The molecular formula is C14H16BrNOS. The zero-order valence-corrected chi connectivity index (χ0v) is 12.8. The predicted molar refractivity (Wildman–Crippen MR) is 80.3 cm³/mol. The molecule has 0 fully saturated rings. The van der Waals surface area contributed by atoms with Crippen LogP contribution < -0.4 is 10.1 Å². The first-order valence-corrected chi connectivity index (χ1v) is 7.46. The fraction of sp³-hybridized carbons (Fsp3) is 0.286.